The number of benzene rings is 1. The Morgan fingerprint density at radius 3 is 2.62 bits per heavy atom. The van der Waals surface area contributed by atoms with Crippen LogP contribution in [0.25, 0.3) is 11.1 Å². The molecule has 1 saturated heterocycles. The number of carbonyl (C=O) groups excluding carboxylic acids is 1. The molecule has 0 bridgehead atoms. The molecule has 1 amide bonds. The van der Waals surface area contributed by atoms with E-state index in [9.17, 15) is 4.79 Å². The first-order chi connectivity index (χ1) is 15.5. The van der Waals surface area contributed by atoms with Gasteiger partial charge < -0.3 is 10.2 Å². The average Bonchev–Trinajstić information content (AvgIpc) is 3.46. The molecule has 6 nitrogen and oxygen atoms in total. The van der Waals surface area contributed by atoms with Crippen LogP contribution in [0.3, 0.4) is 0 Å². The number of likely N-dealkylation sites (tertiary alicyclic amines) is 1. The molecule has 1 atom stereocenters. The summed E-state index contributed by atoms with van der Waals surface area (Å²) < 4.78 is 1.80. The number of nitrogens with one attached hydrogen (secondary N) is 1. The highest BCUT2D eigenvalue weighted by atomic mass is 16.2. The van der Waals surface area contributed by atoms with Crippen molar-refractivity contribution in [2.45, 2.75) is 64.0 Å². The number of fused-ring (bicyclic) bond motifs is 1. The van der Waals surface area contributed by atoms with Crippen molar-refractivity contribution in [1.82, 2.24) is 20.0 Å². The Labute approximate surface area is 191 Å². The molecule has 1 aliphatic carbocycles. The second-order valence-corrected chi connectivity index (χ2v) is 10.0. The lowest BCUT2D eigenvalue weighted by Crippen LogP contribution is -2.43. The molecule has 3 aliphatic rings. The molecule has 3 heterocycles. The van der Waals surface area contributed by atoms with Crippen LogP contribution >= 0.6 is 0 Å². The van der Waals surface area contributed by atoms with Gasteiger partial charge in [0.2, 0.25) is 0 Å². The summed E-state index contributed by atoms with van der Waals surface area (Å²) in [6.45, 7) is 5.88. The number of rotatable bonds is 5. The topological polar surface area (TPSA) is 62.5 Å². The Balaban J connectivity index is 1.26. The Kier molecular flexibility index (Phi) is 6.13. The van der Waals surface area contributed by atoms with Gasteiger partial charge in [-0.25, -0.2) is 0 Å². The zero-order valence-electron chi connectivity index (χ0n) is 19.4. The fourth-order valence-corrected chi connectivity index (χ4v) is 5.63. The number of hydrogen-bond acceptors (Lipinski definition) is 4. The highest BCUT2D eigenvalue weighted by Gasteiger charge is 2.29. The van der Waals surface area contributed by atoms with Gasteiger partial charge >= 0.3 is 0 Å². The molecule has 0 spiro atoms. The molecular formula is C26H35N5O. The van der Waals surface area contributed by atoms with Gasteiger partial charge in [0.25, 0.3) is 5.91 Å². The number of nitrogens with zero attached hydrogens (tertiary/aromatic N) is 4. The summed E-state index contributed by atoms with van der Waals surface area (Å²) in [5.41, 5.74) is 4.92. The maximum absolute atomic E-state index is 13.3. The molecule has 1 saturated carbocycles. The molecule has 2 aliphatic heterocycles. The van der Waals surface area contributed by atoms with Crippen LogP contribution in [0.15, 0.2) is 35.6 Å². The van der Waals surface area contributed by atoms with Crippen LogP contribution in [-0.4, -0.2) is 58.0 Å². The second-order valence-electron chi connectivity index (χ2n) is 10.0. The van der Waals surface area contributed by atoms with Gasteiger partial charge in [0.1, 0.15) is 5.71 Å². The van der Waals surface area contributed by atoms with Gasteiger partial charge in [-0.2, -0.15) is 5.10 Å². The third kappa shape index (κ3) is 4.65. The van der Waals surface area contributed by atoms with Gasteiger partial charge in [-0.3, -0.25) is 14.5 Å². The van der Waals surface area contributed by atoms with Crippen molar-refractivity contribution < 1.29 is 4.79 Å². The molecule has 2 fully saturated rings. The van der Waals surface area contributed by atoms with E-state index in [-0.39, 0.29) is 18.0 Å². The highest BCUT2D eigenvalue weighted by Crippen LogP contribution is 2.29. The Hall–Kier alpha value is -2.47. The van der Waals surface area contributed by atoms with Gasteiger partial charge in [0.15, 0.2) is 0 Å². The van der Waals surface area contributed by atoms with Crippen LogP contribution < -0.4 is 5.32 Å². The Bertz CT molecular complexity index is 995. The summed E-state index contributed by atoms with van der Waals surface area (Å²) >= 11 is 0. The van der Waals surface area contributed by atoms with E-state index in [1.54, 1.807) is 4.68 Å². The van der Waals surface area contributed by atoms with E-state index in [1.165, 1.54) is 50.9 Å². The van der Waals surface area contributed by atoms with Crippen molar-refractivity contribution in [1.29, 1.82) is 0 Å². The maximum Gasteiger partial charge on any atom is 0.270 e. The molecular weight excluding hydrogens is 398 g/mol. The van der Waals surface area contributed by atoms with E-state index in [1.807, 2.05) is 19.4 Å². The van der Waals surface area contributed by atoms with Gasteiger partial charge in [0, 0.05) is 37.0 Å². The van der Waals surface area contributed by atoms with Crippen molar-refractivity contribution in [3.63, 3.8) is 0 Å². The van der Waals surface area contributed by atoms with E-state index < -0.39 is 0 Å². The lowest BCUT2D eigenvalue weighted by molar-refractivity contribution is -0.115. The highest BCUT2D eigenvalue weighted by molar-refractivity contribution is 6.46. The predicted octanol–water partition coefficient (Wildman–Crippen LogP) is 3.59. The number of hydrogen-bond donors (Lipinski definition) is 1. The smallest absolute Gasteiger partial charge is 0.270 e. The normalized spacial score (nSPS) is 25.9. The quantitative estimate of drug-likeness (QED) is 0.784. The number of aryl methyl sites for hydroxylation is 1. The van der Waals surface area contributed by atoms with Crippen molar-refractivity contribution in [2.75, 3.05) is 19.6 Å². The molecule has 0 unspecified atom stereocenters. The van der Waals surface area contributed by atoms with Gasteiger partial charge in [-0.15, -0.1) is 0 Å². The van der Waals surface area contributed by atoms with Gasteiger partial charge in [-0.05, 0) is 88.1 Å². The third-order valence-electron chi connectivity index (χ3n) is 7.38. The SMILES string of the molecule is C[C@H]1Cc2ccc(-c3cnn(C)c3)cc2C(C(=O)NC2CCC(CN3CCCC3)CC2)=N1. The predicted molar refractivity (Wildman–Crippen MR) is 128 cm³/mol. The first kappa shape index (κ1) is 21.4. The Morgan fingerprint density at radius 2 is 1.91 bits per heavy atom. The van der Waals surface area contributed by atoms with E-state index in [4.69, 9.17) is 4.99 Å². The molecule has 32 heavy (non-hydrogen) atoms. The largest absolute Gasteiger partial charge is 0.348 e. The fraction of sp³-hybridized carbons (Fsp3) is 0.577. The minimum atomic E-state index is -0.0101. The molecule has 1 aromatic heterocycles. The van der Waals surface area contributed by atoms with Crippen LogP contribution in [0.1, 0.15) is 56.6 Å². The first-order valence-electron chi connectivity index (χ1n) is 12.3. The monoisotopic (exact) mass is 433 g/mol. The first-order valence-corrected chi connectivity index (χ1v) is 12.3. The molecule has 1 aromatic carbocycles. The van der Waals surface area contributed by atoms with Crippen LogP contribution in [-0.2, 0) is 18.3 Å². The average molecular weight is 434 g/mol. The van der Waals surface area contributed by atoms with E-state index in [0.717, 1.165) is 41.9 Å². The van der Waals surface area contributed by atoms with Crippen molar-refractivity contribution in [2.24, 2.45) is 18.0 Å². The van der Waals surface area contributed by atoms with Crippen molar-refractivity contribution in [3.8, 4) is 11.1 Å². The summed E-state index contributed by atoms with van der Waals surface area (Å²) in [6, 6.07) is 6.79. The fourth-order valence-electron chi connectivity index (χ4n) is 5.63. The summed E-state index contributed by atoms with van der Waals surface area (Å²) in [7, 11) is 1.92. The maximum atomic E-state index is 13.3. The summed E-state index contributed by atoms with van der Waals surface area (Å²) in [6.07, 6.45) is 12.0. The van der Waals surface area contributed by atoms with Crippen LogP contribution in [0, 0.1) is 5.92 Å². The van der Waals surface area contributed by atoms with Crippen molar-refractivity contribution >= 4 is 11.6 Å². The minimum Gasteiger partial charge on any atom is -0.348 e. The van der Waals surface area contributed by atoms with Crippen molar-refractivity contribution in [3.05, 3.63) is 41.7 Å². The summed E-state index contributed by atoms with van der Waals surface area (Å²) in [5.74, 6) is 0.778. The van der Waals surface area contributed by atoms with Crippen LogP contribution in [0.2, 0.25) is 0 Å². The Morgan fingerprint density at radius 1 is 1.12 bits per heavy atom. The van der Waals surface area contributed by atoms with Gasteiger partial charge in [0.05, 0.1) is 12.2 Å². The van der Waals surface area contributed by atoms with Crippen LogP contribution in [0.5, 0.6) is 0 Å². The van der Waals surface area contributed by atoms with Gasteiger partial charge in [-0.1, -0.05) is 12.1 Å². The number of aromatic nitrogens is 2. The molecule has 6 heteroatoms. The summed E-state index contributed by atoms with van der Waals surface area (Å²) in [5, 5.41) is 7.62. The van der Waals surface area contributed by atoms with E-state index >= 15 is 0 Å². The lowest BCUT2D eigenvalue weighted by Gasteiger charge is -2.32. The third-order valence-corrected chi connectivity index (χ3v) is 7.38. The number of carbonyl (C=O) groups is 1. The zero-order valence-corrected chi connectivity index (χ0v) is 19.4. The second kappa shape index (κ2) is 9.18. The molecule has 2 aromatic rings. The molecule has 5 rings (SSSR count). The number of aliphatic imine (C=N–C) groups is 1. The molecule has 1 N–H and O–H groups in total. The molecule has 170 valence electrons. The molecule has 0 radical (unpaired) electrons. The minimum absolute atomic E-state index is 0.0101. The standard InChI is InChI=1S/C26H35N5O/c1-18-13-21-8-7-20(22-15-27-30(2)17-22)14-24(21)25(28-18)26(32)29-23-9-5-19(6-10-23)16-31-11-3-4-12-31/h7-8,14-15,17-19,23H,3-6,9-13,16H2,1-2H3,(H,29,32)/t18-,19?,23?/m0/s1. The van der Waals surface area contributed by atoms with E-state index in [0.29, 0.717) is 5.71 Å². The number of amides is 1. The summed E-state index contributed by atoms with van der Waals surface area (Å²) in [4.78, 5) is 20.7. The zero-order chi connectivity index (χ0) is 22.1. The van der Waals surface area contributed by atoms with Crippen LogP contribution in [0.4, 0.5) is 0 Å². The lowest BCUT2D eigenvalue weighted by atomic mass is 9.85. The van der Waals surface area contributed by atoms with E-state index in [2.05, 4.69) is 40.4 Å².